The second kappa shape index (κ2) is 9.37. The largest absolute Gasteiger partial charge is 0.490 e. The predicted octanol–water partition coefficient (Wildman–Crippen LogP) is 2.14. The van der Waals surface area contributed by atoms with Gasteiger partial charge in [0.15, 0.2) is 0 Å². The molecule has 4 N–H and O–H groups in total. The zero-order valence-corrected chi connectivity index (χ0v) is 18.9. The van der Waals surface area contributed by atoms with Gasteiger partial charge in [0.05, 0.1) is 12.2 Å². The number of carbonyl (C=O) groups is 3. The van der Waals surface area contributed by atoms with Crippen LogP contribution in [-0.4, -0.2) is 47.4 Å². The Balaban J connectivity index is 1.26. The van der Waals surface area contributed by atoms with Crippen LogP contribution < -0.4 is 20.7 Å². The summed E-state index contributed by atoms with van der Waals surface area (Å²) in [7, 11) is 0. The summed E-state index contributed by atoms with van der Waals surface area (Å²) >= 11 is 0. The van der Waals surface area contributed by atoms with E-state index in [1.807, 2.05) is 18.2 Å². The second-order valence-corrected chi connectivity index (χ2v) is 9.63. The summed E-state index contributed by atoms with van der Waals surface area (Å²) in [6.07, 6.45) is 5.83. The molecule has 0 radical (unpaired) electrons. The fourth-order valence-electron chi connectivity index (χ4n) is 4.44. The van der Waals surface area contributed by atoms with Crippen molar-refractivity contribution in [3.8, 4) is 11.8 Å². The van der Waals surface area contributed by atoms with Gasteiger partial charge in [0.2, 0.25) is 11.8 Å². The molecule has 0 bridgehead atoms. The summed E-state index contributed by atoms with van der Waals surface area (Å²) in [4.78, 5) is 41.1. The van der Waals surface area contributed by atoms with Crippen molar-refractivity contribution < 1.29 is 19.1 Å². The lowest BCUT2D eigenvalue weighted by atomic mass is 9.98. The lowest BCUT2D eigenvalue weighted by Crippen LogP contribution is -2.50. The van der Waals surface area contributed by atoms with Crippen LogP contribution in [0, 0.1) is 23.2 Å². The SMILES string of the molecule is N#C[C@H](C[C@@H]1CCNC1=O)NC(=O)[C@H](CC1CC1)NC(=O)c1cc2c(OC3CC3)cccc2[nH]1. The maximum atomic E-state index is 13.1. The van der Waals surface area contributed by atoms with Crippen LogP contribution in [0.2, 0.25) is 0 Å². The molecule has 3 atom stereocenters. The number of nitrogens with zero attached hydrogens (tertiary/aromatic N) is 1. The van der Waals surface area contributed by atoms with Crippen LogP contribution in [0.3, 0.4) is 0 Å². The van der Waals surface area contributed by atoms with Gasteiger partial charge in [-0.15, -0.1) is 0 Å². The zero-order chi connectivity index (χ0) is 23.7. The Morgan fingerprint density at radius 3 is 2.65 bits per heavy atom. The smallest absolute Gasteiger partial charge is 0.268 e. The topological polar surface area (TPSA) is 136 Å². The summed E-state index contributed by atoms with van der Waals surface area (Å²) in [5, 5.41) is 18.7. The molecule has 2 aliphatic carbocycles. The molecule has 0 spiro atoms. The van der Waals surface area contributed by atoms with Crippen LogP contribution in [0.25, 0.3) is 10.9 Å². The Morgan fingerprint density at radius 1 is 1.15 bits per heavy atom. The minimum absolute atomic E-state index is 0.0822. The normalized spacial score (nSPS) is 21.4. The minimum Gasteiger partial charge on any atom is -0.490 e. The van der Waals surface area contributed by atoms with Crippen molar-refractivity contribution in [2.75, 3.05) is 6.54 Å². The molecule has 3 amide bonds. The van der Waals surface area contributed by atoms with E-state index in [-0.39, 0.29) is 36.2 Å². The van der Waals surface area contributed by atoms with E-state index in [1.54, 1.807) is 6.07 Å². The first-order valence-electron chi connectivity index (χ1n) is 12.1. The van der Waals surface area contributed by atoms with Gasteiger partial charge in [0.25, 0.3) is 5.91 Å². The van der Waals surface area contributed by atoms with Crippen LogP contribution in [0.15, 0.2) is 24.3 Å². The molecular formula is C25H29N5O4. The Kier molecular flexibility index (Phi) is 6.14. The first-order valence-corrected chi connectivity index (χ1v) is 12.1. The third-order valence-electron chi connectivity index (χ3n) is 6.73. The molecule has 1 aliphatic heterocycles. The van der Waals surface area contributed by atoms with Gasteiger partial charge >= 0.3 is 0 Å². The van der Waals surface area contributed by atoms with E-state index in [0.717, 1.165) is 42.3 Å². The number of amides is 3. The molecule has 34 heavy (non-hydrogen) atoms. The number of hydrogen-bond acceptors (Lipinski definition) is 5. The van der Waals surface area contributed by atoms with Crippen LogP contribution >= 0.6 is 0 Å². The van der Waals surface area contributed by atoms with E-state index in [1.165, 1.54) is 0 Å². The molecule has 1 saturated heterocycles. The van der Waals surface area contributed by atoms with Crippen LogP contribution in [-0.2, 0) is 9.59 Å². The first-order chi connectivity index (χ1) is 16.5. The van der Waals surface area contributed by atoms with Crippen molar-refractivity contribution in [2.24, 2.45) is 11.8 Å². The maximum absolute atomic E-state index is 13.1. The number of nitriles is 1. The molecule has 178 valence electrons. The van der Waals surface area contributed by atoms with Crippen molar-refractivity contribution in [3.05, 3.63) is 30.0 Å². The number of H-pyrrole nitrogens is 1. The van der Waals surface area contributed by atoms with Gasteiger partial charge in [-0.1, -0.05) is 18.9 Å². The Hall–Kier alpha value is -3.54. The predicted molar refractivity (Wildman–Crippen MR) is 124 cm³/mol. The van der Waals surface area contributed by atoms with Gasteiger partial charge in [0.1, 0.15) is 23.5 Å². The molecule has 3 fully saturated rings. The number of hydrogen-bond donors (Lipinski definition) is 4. The van der Waals surface area contributed by atoms with E-state index in [2.05, 4.69) is 27.0 Å². The summed E-state index contributed by atoms with van der Waals surface area (Å²) in [5.74, 6) is 0.00645. The van der Waals surface area contributed by atoms with E-state index in [0.29, 0.717) is 31.0 Å². The first kappa shape index (κ1) is 22.3. The molecule has 5 rings (SSSR count). The van der Waals surface area contributed by atoms with Gasteiger partial charge < -0.3 is 25.7 Å². The molecule has 0 unspecified atom stereocenters. The highest BCUT2D eigenvalue weighted by Crippen LogP contribution is 2.34. The van der Waals surface area contributed by atoms with Crippen molar-refractivity contribution >= 4 is 28.6 Å². The minimum atomic E-state index is -0.782. The number of nitrogens with one attached hydrogen (secondary N) is 4. The average Bonchev–Trinajstić information content (AvgIpc) is 3.74. The monoisotopic (exact) mass is 463 g/mol. The Bertz CT molecular complexity index is 1140. The fourth-order valence-corrected chi connectivity index (χ4v) is 4.44. The summed E-state index contributed by atoms with van der Waals surface area (Å²) < 4.78 is 5.96. The fraction of sp³-hybridized carbons (Fsp3) is 0.520. The molecule has 2 saturated carbocycles. The highest BCUT2D eigenvalue weighted by atomic mass is 16.5. The summed E-state index contributed by atoms with van der Waals surface area (Å²) in [6.45, 7) is 0.591. The third-order valence-corrected chi connectivity index (χ3v) is 6.73. The van der Waals surface area contributed by atoms with Crippen molar-refractivity contribution in [3.63, 3.8) is 0 Å². The molecule has 1 aromatic heterocycles. The number of carbonyl (C=O) groups excluding carboxylic acids is 3. The molecule has 1 aromatic carbocycles. The molecule has 2 heterocycles. The molecule has 9 heteroatoms. The lowest BCUT2D eigenvalue weighted by molar-refractivity contribution is -0.125. The number of fused-ring (bicyclic) bond motifs is 1. The molecule has 3 aliphatic rings. The number of ether oxygens (including phenoxy) is 1. The highest BCUT2D eigenvalue weighted by Gasteiger charge is 2.33. The number of aromatic nitrogens is 1. The Labute approximate surface area is 197 Å². The Morgan fingerprint density at radius 2 is 1.97 bits per heavy atom. The maximum Gasteiger partial charge on any atom is 0.268 e. The van der Waals surface area contributed by atoms with Gasteiger partial charge in [0, 0.05) is 23.4 Å². The molecule has 9 nitrogen and oxygen atoms in total. The summed E-state index contributed by atoms with van der Waals surface area (Å²) in [5.41, 5.74) is 1.15. The van der Waals surface area contributed by atoms with Crippen LogP contribution in [0.5, 0.6) is 5.75 Å². The standard InChI is InChI=1S/C25H29N5O4/c26-13-16(11-15-8-9-27-23(15)31)28-24(32)20(10-14-4-5-14)30-25(33)21-12-18-19(29-21)2-1-3-22(18)34-17-6-7-17/h1-3,12,14-17,20,29H,4-11H2,(H,27,31)(H,28,32)(H,30,33)/t15-,16-,20-/m0/s1. The highest BCUT2D eigenvalue weighted by molar-refractivity contribution is 6.01. The van der Waals surface area contributed by atoms with Gasteiger partial charge in [-0.3, -0.25) is 14.4 Å². The van der Waals surface area contributed by atoms with Gasteiger partial charge in [-0.05, 0) is 56.2 Å². The number of aromatic amines is 1. The van der Waals surface area contributed by atoms with Crippen LogP contribution in [0.4, 0.5) is 0 Å². The summed E-state index contributed by atoms with van der Waals surface area (Å²) in [6, 6.07) is 7.98. The van der Waals surface area contributed by atoms with E-state index < -0.39 is 12.1 Å². The number of benzene rings is 1. The quantitative estimate of drug-likeness (QED) is 0.428. The van der Waals surface area contributed by atoms with Crippen molar-refractivity contribution in [1.82, 2.24) is 20.9 Å². The zero-order valence-electron chi connectivity index (χ0n) is 18.9. The lowest BCUT2D eigenvalue weighted by Gasteiger charge is -2.21. The van der Waals surface area contributed by atoms with Crippen LogP contribution in [0.1, 0.15) is 55.4 Å². The second-order valence-electron chi connectivity index (χ2n) is 9.63. The molecular weight excluding hydrogens is 434 g/mol. The van der Waals surface area contributed by atoms with E-state index in [4.69, 9.17) is 4.74 Å². The van der Waals surface area contributed by atoms with Crippen molar-refractivity contribution in [1.29, 1.82) is 5.26 Å². The van der Waals surface area contributed by atoms with E-state index in [9.17, 15) is 19.6 Å². The third kappa shape index (κ3) is 5.16. The van der Waals surface area contributed by atoms with Gasteiger partial charge in [-0.2, -0.15) is 5.26 Å². The number of rotatable bonds is 10. The van der Waals surface area contributed by atoms with E-state index >= 15 is 0 Å². The van der Waals surface area contributed by atoms with Crippen molar-refractivity contribution in [2.45, 2.75) is 63.1 Å². The van der Waals surface area contributed by atoms with Gasteiger partial charge in [-0.25, -0.2) is 0 Å². The average molecular weight is 464 g/mol. The molecule has 2 aromatic rings.